The molecule has 0 aromatic heterocycles. The number of hydrogen-bond donors (Lipinski definition) is 0. The first kappa shape index (κ1) is 20.5. The maximum atomic E-state index is 12.1. The Morgan fingerprint density at radius 1 is 1.12 bits per heavy atom. The first-order valence-corrected chi connectivity index (χ1v) is 9.15. The van der Waals surface area contributed by atoms with E-state index in [0.29, 0.717) is 10.0 Å². The number of rotatable bonds is 7. The molecule has 0 N–H and O–H groups in total. The zero-order valence-electron chi connectivity index (χ0n) is 15.2. The van der Waals surface area contributed by atoms with Crippen LogP contribution in [0.5, 0.6) is 0 Å². The van der Waals surface area contributed by atoms with Crippen molar-refractivity contribution in [3.63, 3.8) is 0 Å². The fourth-order valence-corrected chi connectivity index (χ4v) is 2.87. The molecule has 2 atom stereocenters. The molecule has 2 rings (SSSR count). The Morgan fingerprint density at radius 2 is 1.81 bits per heavy atom. The Hall–Kier alpha value is -1.81. The van der Waals surface area contributed by atoms with Crippen molar-refractivity contribution in [1.82, 2.24) is 4.90 Å². The summed E-state index contributed by atoms with van der Waals surface area (Å²) in [5, 5.41) is 1.00. The number of hydrogen-bond acceptors (Lipinski definition) is 3. The van der Waals surface area contributed by atoms with E-state index in [1.165, 1.54) is 6.08 Å². The van der Waals surface area contributed by atoms with Gasteiger partial charge in [-0.3, -0.25) is 0 Å². The Balaban J connectivity index is 2.08. The van der Waals surface area contributed by atoms with Crippen LogP contribution in [-0.4, -0.2) is 37.6 Å². The van der Waals surface area contributed by atoms with Crippen LogP contribution >= 0.6 is 23.2 Å². The van der Waals surface area contributed by atoms with Crippen molar-refractivity contribution >= 4 is 35.2 Å². The second-order valence-electron chi connectivity index (χ2n) is 6.36. The van der Waals surface area contributed by atoms with Crippen LogP contribution in [0.15, 0.2) is 54.6 Å². The van der Waals surface area contributed by atoms with Crippen LogP contribution < -0.4 is 0 Å². The van der Waals surface area contributed by atoms with E-state index in [1.54, 1.807) is 12.1 Å². The third-order valence-electron chi connectivity index (χ3n) is 4.39. The molecule has 0 saturated heterocycles. The van der Waals surface area contributed by atoms with Gasteiger partial charge < -0.3 is 9.64 Å². The van der Waals surface area contributed by atoms with Gasteiger partial charge in [-0.2, -0.15) is 0 Å². The zero-order chi connectivity index (χ0) is 19.1. The third-order valence-corrected chi connectivity index (χ3v) is 5.12. The lowest BCUT2D eigenvalue weighted by Crippen LogP contribution is -2.34. The molecule has 0 amide bonds. The average molecular weight is 392 g/mol. The smallest absolute Gasteiger partial charge is 0.330 e. The molecule has 0 aliphatic carbocycles. The zero-order valence-corrected chi connectivity index (χ0v) is 16.7. The normalized spacial score (nSPS) is 13.8. The van der Waals surface area contributed by atoms with Gasteiger partial charge in [-0.1, -0.05) is 59.6 Å². The molecule has 3 nitrogen and oxygen atoms in total. The van der Waals surface area contributed by atoms with E-state index in [2.05, 4.69) is 11.8 Å². The number of halogens is 2. The van der Waals surface area contributed by atoms with Crippen molar-refractivity contribution in [3.8, 4) is 0 Å². The van der Waals surface area contributed by atoms with Crippen LogP contribution in [0.3, 0.4) is 0 Å². The van der Waals surface area contributed by atoms with Crippen molar-refractivity contribution in [2.75, 3.05) is 20.7 Å². The minimum Gasteiger partial charge on any atom is -0.462 e. The molecule has 0 heterocycles. The van der Waals surface area contributed by atoms with Gasteiger partial charge in [0.25, 0.3) is 0 Å². The van der Waals surface area contributed by atoms with Crippen LogP contribution in [-0.2, 0) is 9.53 Å². The van der Waals surface area contributed by atoms with E-state index in [0.717, 1.165) is 11.1 Å². The predicted molar refractivity (Wildman–Crippen MR) is 109 cm³/mol. The second-order valence-corrected chi connectivity index (χ2v) is 7.17. The molecule has 0 spiro atoms. The van der Waals surface area contributed by atoms with E-state index in [-0.39, 0.29) is 24.5 Å². The maximum Gasteiger partial charge on any atom is 0.330 e. The van der Waals surface area contributed by atoms with Crippen molar-refractivity contribution in [3.05, 3.63) is 75.8 Å². The summed E-state index contributed by atoms with van der Waals surface area (Å²) in [6, 6.07) is 15.3. The molecule has 0 aliphatic rings. The van der Waals surface area contributed by atoms with Crippen molar-refractivity contribution in [1.29, 1.82) is 0 Å². The van der Waals surface area contributed by atoms with Crippen LogP contribution in [0.1, 0.15) is 24.0 Å². The monoisotopic (exact) mass is 391 g/mol. The quantitative estimate of drug-likeness (QED) is 0.474. The molecule has 0 aliphatic heterocycles. The summed E-state index contributed by atoms with van der Waals surface area (Å²) in [5.74, 6) is -0.390. The second kappa shape index (κ2) is 9.77. The molecule has 0 fully saturated rings. The van der Waals surface area contributed by atoms with Crippen LogP contribution in [0, 0.1) is 0 Å². The van der Waals surface area contributed by atoms with Crippen molar-refractivity contribution < 1.29 is 9.53 Å². The molecule has 0 bridgehead atoms. The standard InChI is InChI=1S/C21H23Cl2NO2/c1-15(24(2)3)18(17-10-11-19(22)20(23)13-17)14-26-21(25)12-9-16-7-5-4-6-8-16/h4-13,15,18H,14H2,1-3H3/b12-9+. The van der Waals surface area contributed by atoms with Crippen LogP contribution in [0.4, 0.5) is 0 Å². The van der Waals surface area contributed by atoms with Gasteiger partial charge in [-0.15, -0.1) is 0 Å². The van der Waals surface area contributed by atoms with Gasteiger partial charge in [0.05, 0.1) is 16.7 Å². The van der Waals surface area contributed by atoms with Gasteiger partial charge in [0.2, 0.25) is 0 Å². The maximum absolute atomic E-state index is 12.1. The van der Waals surface area contributed by atoms with E-state index < -0.39 is 0 Å². The minimum atomic E-state index is -0.370. The summed E-state index contributed by atoms with van der Waals surface area (Å²) in [6.07, 6.45) is 3.19. The van der Waals surface area contributed by atoms with Crippen LogP contribution in [0.2, 0.25) is 10.0 Å². The Morgan fingerprint density at radius 3 is 2.42 bits per heavy atom. The summed E-state index contributed by atoms with van der Waals surface area (Å²) in [4.78, 5) is 14.2. The minimum absolute atomic E-state index is 0.0196. The van der Waals surface area contributed by atoms with Gasteiger partial charge in [0.15, 0.2) is 0 Å². The molecule has 2 aromatic carbocycles. The number of carbonyl (C=O) groups excluding carboxylic acids is 1. The summed E-state index contributed by atoms with van der Waals surface area (Å²) in [5.41, 5.74) is 1.94. The molecule has 26 heavy (non-hydrogen) atoms. The number of ether oxygens (including phenoxy) is 1. The lowest BCUT2D eigenvalue weighted by molar-refractivity contribution is -0.138. The van der Waals surface area contributed by atoms with Gasteiger partial charge in [0, 0.05) is 18.0 Å². The van der Waals surface area contributed by atoms with E-state index in [9.17, 15) is 4.79 Å². The summed E-state index contributed by atoms with van der Waals surface area (Å²) in [6.45, 7) is 2.34. The molecule has 2 aromatic rings. The predicted octanol–water partition coefficient (Wildman–Crippen LogP) is 5.28. The highest BCUT2D eigenvalue weighted by Crippen LogP contribution is 2.29. The lowest BCUT2D eigenvalue weighted by atomic mass is 9.92. The Kier molecular flexibility index (Phi) is 7.70. The highest BCUT2D eigenvalue weighted by Gasteiger charge is 2.23. The van der Waals surface area contributed by atoms with E-state index in [4.69, 9.17) is 27.9 Å². The highest BCUT2D eigenvalue weighted by atomic mass is 35.5. The van der Waals surface area contributed by atoms with Gasteiger partial charge >= 0.3 is 5.97 Å². The number of carbonyl (C=O) groups is 1. The summed E-state index contributed by atoms with van der Waals surface area (Å²) in [7, 11) is 3.98. The van der Waals surface area contributed by atoms with Gasteiger partial charge in [0.1, 0.15) is 0 Å². The first-order valence-electron chi connectivity index (χ1n) is 8.39. The number of benzene rings is 2. The van der Waals surface area contributed by atoms with Crippen molar-refractivity contribution in [2.24, 2.45) is 0 Å². The van der Waals surface area contributed by atoms with E-state index >= 15 is 0 Å². The third kappa shape index (κ3) is 5.87. The topological polar surface area (TPSA) is 29.5 Å². The fourth-order valence-electron chi connectivity index (χ4n) is 2.57. The fraction of sp³-hybridized carbons (Fsp3) is 0.286. The molecule has 0 saturated carbocycles. The Labute approximate surface area is 165 Å². The molecule has 0 radical (unpaired) electrons. The van der Waals surface area contributed by atoms with E-state index in [1.807, 2.05) is 56.6 Å². The molecule has 2 unspecified atom stereocenters. The number of likely N-dealkylation sites (N-methyl/N-ethyl adjacent to an activating group) is 1. The largest absolute Gasteiger partial charge is 0.462 e. The average Bonchev–Trinajstić information content (AvgIpc) is 2.63. The number of nitrogens with zero attached hydrogens (tertiary/aromatic N) is 1. The Bertz CT molecular complexity index is 760. The first-order chi connectivity index (χ1) is 12.4. The lowest BCUT2D eigenvalue weighted by Gasteiger charge is -2.29. The molecular formula is C21H23Cl2NO2. The van der Waals surface area contributed by atoms with Crippen molar-refractivity contribution in [2.45, 2.75) is 18.9 Å². The van der Waals surface area contributed by atoms with Gasteiger partial charge in [-0.25, -0.2) is 4.79 Å². The molecule has 5 heteroatoms. The molecular weight excluding hydrogens is 369 g/mol. The summed E-state index contributed by atoms with van der Waals surface area (Å²) < 4.78 is 5.49. The van der Waals surface area contributed by atoms with Crippen LogP contribution in [0.25, 0.3) is 6.08 Å². The molecule has 138 valence electrons. The number of esters is 1. The van der Waals surface area contributed by atoms with Gasteiger partial charge in [-0.05, 0) is 50.4 Å². The highest BCUT2D eigenvalue weighted by molar-refractivity contribution is 6.42. The SMILES string of the molecule is CC(C(COC(=O)/C=C/c1ccccc1)c1ccc(Cl)c(Cl)c1)N(C)C. The summed E-state index contributed by atoms with van der Waals surface area (Å²) >= 11 is 12.2.